The summed E-state index contributed by atoms with van der Waals surface area (Å²) in [6.07, 6.45) is 1.64. The van der Waals surface area contributed by atoms with Gasteiger partial charge in [-0.05, 0) is 61.2 Å². The van der Waals surface area contributed by atoms with Crippen LogP contribution in [0.3, 0.4) is 0 Å². The van der Waals surface area contributed by atoms with Crippen LogP contribution in [0.4, 0.5) is 4.39 Å². The monoisotopic (exact) mass is 408 g/mol. The zero-order valence-electron chi connectivity index (χ0n) is 16.1. The first-order valence-electron chi connectivity index (χ1n) is 9.12. The molecule has 2 N–H and O–H groups in total. The van der Waals surface area contributed by atoms with Crippen molar-refractivity contribution in [1.82, 2.24) is 10.6 Å². The summed E-state index contributed by atoms with van der Waals surface area (Å²) >= 11 is 1.46. The Balaban J connectivity index is 1.79. The van der Waals surface area contributed by atoms with Gasteiger partial charge in [0.1, 0.15) is 11.5 Å². The molecule has 0 saturated heterocycles. The van der Waals surface area contributed by atoms with Crippen LogP contribution in [0.25, 0.3) is 6.08 Å². The minimum absolute atomic E-state index is 0.145. The molecule has 0 saturated carbocycles. The van der Waals surface area contributed by atoms with Crippen molar-refractivity contribution in [1.29, 1.82) is 0 Å². The number of aryl methyl sites for hydroxylation is 1. The fourth-order valence-corrected chi connectivity index (χ4v) is 3.34. The van der Waals surface area contributed by atoms with Crippen LogP contribution in [-0.4, -0.2) is 11.8 Å². The van der Waals surface area contributed by atoms with E-state index < -0.39 is 5.91 Å². The van der Waals surface area contributed by atoms with Gasteiger partial charge in [0.2, 0.25) is 0 Å². The molecule has 2 aromatic carbocycles. The summed E-state index contributed by atoms with van der Waals surface area (Å²) in [5.74, 6) is -1.12. The lowest BCUT2D eigenvalue weighted by atomic mass is 10.1. The van der Waals surface area contributed by atoms with E-state index in [1.807, 2.05) is 36.6 Å². The van der Waals surface area contributed by atoms with Gasteiger partial charge < -0.3 is 10.6 Å². The first-order valence-corrected chi connectivity index (χ1v) is 10.00. The number of thiophene rings is 1. The molecule has 1 heterocycles. The lowest BCUT2D eigenvalue weighted by Crippen LogP contribution is -2.36. The number of nitrogens with one attached hydrogen (secondary N) is 2. The highest BCUT2D eigenvalue weighted by Crippen LogP contribution is 2.16. The molecule has 0 radical (unpaired) electrons. The average molecular weight is 408 g/mol. The maximum absolute atomic E-state index is 13.1. The van der Waals surface area contributed by atoms with Crippen LogP contribution in [-0.2, 0) is 4.79 Å². The van der Waals surface area contributed by atoms with Crippen molar-refractivity contribution in [2.75, 3.05) is 0 Å². The van der Waals surface area contributed by atoms with Crippen molar-refractivity contribution in [2.24, 2.45) is 0 Å². The third kappa shape index (κ3) is 5.62. The van der Waals surface area contributed by atoms with Gasteiger partial charge in [0.25, 0.3) is 11.8 Å². The van der Waals surface area contributed by atoms with E-state index >= 15 is 0 Å². The van der Waals surface area contributed by atoms with Gasteiger partial charge in [0.05, 0.1) is 6.04 Å². The van der Waals surface area contributed by atoms with Crippen LogP contribution in [0.2, 0.25) is 0 Å². The second kappa shape index (κ2) is 9.30. The number of carbonyl (C=O) groups excluding carboxylic acids is 2. The maximum Gasteiger partial charge on any atom is 0.268 e. The Morgan fingerprint density at radius 3 is 2.34 bits per heavy atom. The predicted octanol–water partition coefficient (Wildman–Crippen LogP) is 4.84. The van der Waals surface area contributed by atoms with Crippen molar-refractivity contribution in [3.63, 3.8) is 0 Å². The van der Waals surface area contributed by atoms with Crippen LogP contribution in [0.15, 0.2) is 71.7 Å². The van der Waals surface area contributed by atoms with Gasteiger partial charge in [-0.25, -0.2) is 4.39 Å². The molecule has 0 unspecified atom stereocenters. The first-order chi connectivity index (χ1) is 13.9. The lowest BCUT2D eigenvalue weighted by molar-refractivity contribution is -0.118. The molecule has 0 aliphatic heterocycles. The number of rotatable bonds is 6. The van der Waals surface area contributed by atoms with Gasteiger partial charge in [-0.1, -0.05) is 35.9 Å². The van der Waals surface area contributed by atoms with E-state index in [0.29, 0.717) is 5.56 Å². The highest BCUT2D eigenvalue weighted by molar-refractivity contribution is 7.10. The van der Waals surface area contributed by atoms with Crippen LogP contribution >= 0.6 is 11.3 Å². The van der Waals surface area contributed by atoms with E-state index in [9.17, 15) is 14.0 Å². The largest absolute Gasteiger partial charge is 0.344 e. The van der Waals surface area contributed by atoms with Crippen molar-refractivity contribution in [3.05, 3.63) is 99.1 Å². The van der Waals surface area contributed by atoms with E-state index in [1.165, 1.54) is 23.5 Å². The molecule has 1 aromatic heterocycles. The molecule has 1 atom stereocenters. The molecule has 6 heteroatoms. The van der Waals surface area contributed by atoms with Crippen LogP contribution in [0, 0.1) is 12.7 Å². The summed E-state index contributed by atoms with van der Waals surface area (Å²) in [5, 5.41) is 7.46. The molecule has 3 aromatic rings. The van der Waals surface area contributed by atoms with Gasteiger partial charge in [-0.15, -0.1) is 11.3 Å². The normalized spacial score (nSPS) is 12.3. The number of carbonyl (C=O) groups is 2. The van der Waals surface area contributed by atoms with Gasteiger partial charge in [0, 0.05) is 10.4 Å². The van der Waals surface area contributed by atoms with Crippen LogP contribution in [0.1, 0.15) is 39.3 Å². The molecule has 0 fully saturated rings. The van der Waals surface area contributed by atoms with Crippen LogP contribution in [0.5, 0.6) is 0 Å². The lowest BCUT2D eigenvalue weighted by Gasteiger charge is -2.16. The third-order valence-corrected chi connectivity index (χ3v) is 5.17. The topological polar surface area (TPSA) is 58.2 Å². The summed E-state index contributed by atoms with van der Waals surface area (Å²) < 4.78 is 13.1. The summed E-state index contributed by atoms with van der Waals surface area (Å²) in [4.78, 5) is 26.3. The van der Waals surface area contributed by atoms with E-state index in [2.05, 4.69) is 10.6 Å². The highest BCUT2D eigenvalue weighted by atomic mass is 32.1. The minimum atomic E-state index is -0.421. The molecule has 2 amide bonds. The van der Waals surface area contributed by atoms with E-state index in [4.69, 9.17) is 0 Å². The smallest absolute Gasteiger partial charge is 0.268 e. The summed E-state index contributed by atoms with van der Waals surface area (Å²) in [7, 11) is 0. The SMILES string of the molecule is Cc1ccc(C(=O)N/C(=C\c2cccs2)C(=O)N[C@H](C)c2ccc(F)cc2)cc1. The molecular formula is C23H21FN2O2S. The fourth-order valence-electron chi connectivity index (χ4n) is 2.68. The molecule has 0 bridgehead atoms. The van der Waals surface area contributed by atoms with Gasteiger partial charge >= 0.3 is 0 Å². The Kier molecular flexibility index (Phi) is 6.57. The fraction of sp³-hybridized carbons (Fsp3) is 0.130. The summed E-state index contributed by atoms with van der Waals surface area (Å²) in [6.45, 7) is 3.74. The first kappa shape index (κ1) is 20.5. The highest BCUT2D eigenvalue weighted by Gasteiger charge is 2.17. The predicted molar refractivity (Wildman–Crippen MR) is 114 cm³/mol. The Labute approximate surface area is 173 Å². The molecule has 4 nitrogen and oxygen atoms in total. The van der Waals surface area contributed by atoms with E-state index in [0.717, 1.165) is 16.0 Å². The van der Waals surface area contributed by atoms with Gasteiger partial charge in [0.15, 0.2) is 0 Å². The molecule has 0 spiro atoms. The maximum atomic E-state index is 13.1. The Morgan fingerprint density at radius 1 is 1.03 bits per heavy atom. The van der Waals surface area contributed by atoms with E-state index in [-0.39, 0.29) is 23.5 Å². The second-order valence-corrected chi connectivity index (χ2v) is 7.62. The van der Waals surface area contributed by atoms with Gasteiger partial charge in [-0.3, -0.25) is 9.59 Å². The molecule has 148 valence electrons. The third-order valence-electron chi connectivity index (χ3n) is 4.35. The number of benzene rings is 2. The number of hydrogen-bond acceptors (Lipinski definition) is 3. The average Bonchev–Trinajstić information content (AvgIpc) is 3.21. The minimum Gasteiger partial charge on any atom is -0.344 e. The van der Waals surface area contributed by atoms with Crippen LogP contribution < -0.4 is 10.6 Å². The van der Waals surface area contributed by atoms with Crippen molar-refractivity contribution in [3.8, 4) is 0 Å². The molecular weight excluding hydrogens is 387 g/mol. The zero-order valence-corrected chi connectivity index (χ0v) is 16.9. The summed E-state index contributed by atoms with van der Waals surface area (Å²) in [5.41, 5.74) is 2.42. The van der Waals surface area contributed by atoms with E-state index in [1.54, 1.807) is 37.3 Å². The van der Waals surface area contributed by atoms with Crippen molar-refractivity contribution >= 4 is 29.2 Å². The van der Waals surface area contributed by atoms with Crippen molar-refractivity contribution < 1.29 is 14.0 Å². The number of hydrogen-bond donors (Lipinski definition) is 2. The summed E-state index contributed by atoms with van der Waals surface area (Å²) in [6, 6.07) is 16.4. The Morgan fingerprint density at radius 2 is 1.72 bits per heavy atom. The quantitative estimate of drug-likeness (QED) is 0.573. The molecule has 0 aliphatic rings. The molecule has 0 aliphatic carbocycles. The van der Waals surface area contributed by atoms with Gasteiger partial charge in [-0.2, -0.15) is 0 Å². The standard InChI is InChI=1S/C23H21FN2O2S/c1-15-5-7-18(8-6-15)22(27)26-21(14-20-4-3-13-29-20)23(28)25-16(2)17-9-11-19(24)12-10-17/h3-14,16H,1-2H3,(H,25,28)(H,26,27)/b21-14-/t16-/m1/s1. The number of amides is 2. The molecule has 29 heavy (non-hydrogen) atoms. The Hall–Kier alpha value is -3.25. The number of halogens is 1. The van der Waals surface area contributed by atoms with Crippen molar-refractivity contribution in [2.45, 2.75) is 19.9 Å². The Bertz CT molecular complexity index is 1010. The molecule has 3 rings (SSSR count). The zero-order chi connectivity index (χ0) is 20.8. The second-order valence-electron chi connectivity index (χ2n) is 6.64.